The Labute approximate surface area is 93.3 Å². The van der Waals surface area contributed by atoms with Gasteiger partial charge in [-0.05, 0) is 64.2 Å². The van der Waals surface area contributed by atoms with Crippen LogP contribution >= 0.6 is 0 Å². The van der Waals surface area contributed by atoms with Gasteiger partial charge in [0, 0.05) is 0 Å². The topological polar surface area (TPSA) is 20.3 Å². The second-order valence-corrected chi connectivity index (χ2v) is 4.93. The van der Waals surface area contributed by atoms with Gasteiger partial charge in [0.25, 0.3) is 0 Å². The van der Waals surface area contributed by atoms with E-state index in [4.69, 9.17) is 0 Å². The first-order valence-corrected chi connectivity index (χ1v) is 5.95. The summed E-state index contributed by atoms with van der Waals surface area (Å²) in [6, 6.07) is 0. The van der Waals surface area contributed by atoms with Crippen molar-refractivity contribution in [3.05, 3.63) is 12.2 Å². The van der Waals surface area contributed by atoms with Crippen LogP contribution in [0.25, 0.3) is 0 Å². The molecule has 2 nitrogen and oxygen atoms in total. The van der Waals surface area contributed by atoms with E-state index in [0.29, 0.717) is 5.92 Å². The fourth-order valence-corrected chi connectivity index (χ4v) is 2.20. The summed E-state index contributed by atoms with van der Waals surface area (Å²) in [6.45, 7) is 6.28. The van der Waals surface area contributed by atoms with Gasteiger partial charge < -0.3 is 4.90 Å². The molecule has 1 heterocycles. The molecule has 0 spiro atoms. The first kappa shape index (κ1) is 12.4. The van der Waals surface area contributed by atoms with Crippen LogP contribution in [0.3, 0.4) is 0 Å². The Morgan fingerprint density at radius 2 is 2.07 bits per heavy atom. The van der Waals surface area contributed by atoms with Gasteiger partial charge >= 0.3 is 0 Å². The van der Waals surface area contributed by atoms with Crippen molar-refractivity contribution in [3.63, 3.8) is 0 Å². The van der Waals surface area contributed by atoms with Crippen LogP contribution < -0.4 is 0 Å². The maximum atomic E-state index is 10.8. The Bertz CT molecular complexity index is 227. The summed E-state index contributed by atoms with van der Waals surface area (Å²) in [4.78, 5) is 13.2. The lowest BCUT2D eigenvalue weighted by atomic mass is 9.88. The smallest absolute Gasteiger partial charge is 0.152 e. The monoisotopic (exact) mass is 209 g/mol. The molecule has 0 aromatic heterocycles. The SMILES string of the molecule is CC(=O)/C=C/C(C)CC1CCN(C)CC1. The van der Waals surface area contributed by atoms with E-state index < -0.39 is 0 Å². The van der Waals surface area contributed by atoms with Crippen molar-refractivity contribution < 1.29 is 4.79 Å². The van der Waals surface area contributed by atoms with E-state index in [-0.39, 0.29) is 5.78 Å². The van der Waals surface area contributed by atoms with Gasteiger partial charge in [-0.1, -0.05) is 13.0 Å². The molecule has 2 heteroatoms. The predicted octanol–water partition coefficient (Wildman–Crippen LogP) is 2.50. The summed E-state index contributed by atoms with van der Waals surface area (Å²) >= 11 is 0. The first-order chi connectivity index (χ1) is 7.08. The summed E-state index contributed by atoms with van der Waals surface area (Å²) in [6.07, 6.45) is 7.63. The van der Waals surface area contributed by atoms with E-state index in [9.17, 15) is 4.79 Å². The molecule has 1 saturated heterocycles. The van der Waals surface area contributed by atoms with Gasteiger partial charge in [0.15, 0.2) is 5.78 Å². The van der Waals surface area contributed by atoms with Crippen molar-refractivity contribution in [3.8, 4) is 0 Å². The molecule has 1 aliphatic heterocycles. The second kappa shape index (κ2) is 6.06. The van der Waals surface area contributed by atoms with Crippen molar-refractivity contribution in [1.82, 2.24) is 4.90 Å². The lowest BCUT2D eigenvalue weighted by molar-refractivity contribution is -0.112. The van der Waals surface area contributed by atoms with Crippen LogP contribution in [-0.2, 0) is 4.79 Å². The number of ketones is 1. The van der Waals surface area contributed by atoms with Crippen LogP contribution in [0, 0.1) is 11.8 Å². The molecule has 0 radical (unpaired) electrons. The number of piperidine rings is 1. The number of allylic oxidation sites excluding steroid dienone is 2. The molecule has 1 fully saturated rings. The Hall–Kier alpha value is -0.630. The normalized spacial score (nSPS) is 22.1. The van der Waals surface area contributed by atoms with Crippen LogP contribution in [0.5, 0.6) is 0 Å². The van der Waals surface area contributed by atoms with Crippen LogP contribution in [0.1, 0.15) is 33.1 Å². The predicted molar refractivity (Wildman–Crippen MR) is 63.8 cm³/mol. The molecule has 0 amide bonds. The maximum absolute atomic E-state index is 10.8. The average molecular weight is 209 g/mol. The summed E-state index contributed by atoms with van der Waals surface area (Å²) < 4.78 is 0. The Morgan fingerprint density at radius 3 is 2.60 bits per heavy atom. The number of nitrogens with zero attached hydrogens (tertiary/aromatic N) is 1. The third kappa shape index (κ3) is 5.12. The molecule has 86 valence electrons. The third-order valence-electron chi connectivity index (χ3n) is 3.20. The van der Waals surface area contributed by atoms with Crippen molar-refractivity contribution >= 4 is 5.78 Å². The number of carbonyl (C=O) groups is 1. The first-order valence-electron chi connectivity index (χ1n) is 5.95. The molecule has 0 bridgehead atoms. The zero-order valence-corrected chi connectivity index (χ0v) is 10.2. The zero-order valence-electron chi connectivity index (χ0n) is 10.2. The van der Waals surface area contributed by atoms with Gasteiger partial charge in [-0.3, -0.25) is 4.79 Å². The molecular formula is C13H23NO. The molecule has 15 heavy (non-hydrogen) atoms. The summed E-state index contributed by atoms with van der Waals surface area (Å²) in [5.41, 5.74) is 0. The van der Waals surface area contributed by atoms with Crippen molar-refractivity contribution in [2.24, 2.45) is 11.8 Å². The quantitative estimate of drug-likeness (QED) is 0.663. The highest BCUT2D eigenvalue weighted by Crippen LogP contribution is 2.23. The number of hydrogen-bond donors (Lipinski definition) is 0. The number of hydrogen-bond acceptors (Lipinski definition) is 2. The molecule has 0 saturated carbocycles. The summed E-state index contributed by atoms with van der Waals surface area (Å²) in [5, 5.41) is 0. The van der Waals surface area contributed by atoms with Crippen LogP contribution in [-0.4, -0.2) is 30.8 Å². The largest absolute Gasteiger partial charge is 0.306 e. The Balaban J connectivity index is 2.26. The molecule has 0 aromatic carbocycles. The fraction of sp³-hybridized carbons (Fsp3) is 0.769. The zero-order chi connectivity index (χ0) is 11.3. The van der Waals surface area contributed by atoms with Gasteiger partial charge in [-0.25, -0.2) is 0 Å². The number of likely N-dealkylation sites (tertiary alicyclic amines) is 1. The second-order valence-electron chi connectivity index (χ2n) is 4.93. The number of rotatable bonds is 4. The minimum Gasteiger partial charge on any atom is -0.306 e. The van der Waals surface area contributed by atoms with Gasteiger partial charge in [0.1, 0.15) is 0 Å². The molecular weight excluding hydrogens is 186 g/mol. The molecule has 0 aromatic rings. The summed E-state index contributed by atoms with van der Waals surface area (Å²) in [7, 11) is 2.19. The Kier molecular flexibility index (Phi) is 5.03. The minimum atomic E-state index is 0.158. The maximum Gasteiger partial charge on any atom is 0.152 e. The Morgan fingerprint density at radius 1 is 1.47 bits per heavy atom. The third-order valence-corrected chi connectivity index (χ3v) is 3.20. The fourth-order valence-electron chi connectivity index (χ4n) is 2.20. The van der Waals surface area contributed by atoms with E-state index in [0.717, 1.165) is 5.92 Å². The lowest BCUT2D eigenvalue weighted by Crippen LogP contribution is -2.30. The molecule has 1 unspecified atom stereocenters. The molecule has 0 aliphatic carbocycles. The van der Waals surface area contributed by atoms with Crippen molar-refractivity contribution in [2.45, 2.75) is 33.1 Å². The lowest BCUT2D eigenvalue weighted by Gasteiger charge is -2.29. The molecule has 1 rings (SSSR count). The standard InChI is InChI=1S/C13H23NO/c1-11(4-5-12(2)15)10-13-6-8-14(3)9-7-13/h4-5,11,13H,6-10H2,1-3H3/b5-4+. The van der Waals surface area contributed by atoms with Crippen LogP contribution in [0.15, 0.2) is 12.2 Å². The highest BCUT2D eigenvalue weighted by atomic mass is 16.1. The van der Waals surface area contributed by atoms with Gasteiger partial charge in [0.05, 0.1) is 0 Å². The van der Waals surface area contributed by atoms with E-state index in [1.165, 1.54) is 32.4 Å². The van der Waals surface area contributed by atoms with Gasteiger partial charge in [-0.2, -0.15) is 0 Å². The van der Waals surface area contributed by atoms with Crippen LogP contribution in [0.2, 0.25) is 0 Å². The van der Waals surface area contributed by atoms with Gasteiger partial charge in [-0.15, -0.1) is 0 Å². The molecule has 1 atom stereocenters. The van der Waals surface area contributed by atoms with Crippen LogP contribution in [0.4, 0.5) is 0 Å². The average Bonchev–Trinajstić information content (AvgIpc) is 2.19. The van der Waals surface area contributed by atoms with E-state index in [2.05, 4.69) is 24.9 Å². The van der Waals surface area contributed by atoms with Gasteiger partial charge in [0.2, 0.25) is 0 Å². The highest BCUT2D eigenvalue weighted by molar-refractivity contribution is 5.87. The highest BCUT2D eigenvalue weighted by Gasteiger charge is 2.17. The molecule has 0 N–H and O–H groups in total. The van der Waals surface area contributed by atoms with E-state index >= 15 is 0 Å². The van der Waals surface area contributed by atoms with E-state index in [1.54, 1.807) is 13.0 Å². The summed E-state index contributed by atoms with van der Waals surface area (Å²) in [5.74, 6) is 1.56. The van der Waals surface area contributed by atoms with Crippen molar-refractivity contribution in [2.75, 3.05) is 20.1 Å². The van der Waals surface area contributed by atoms with E-state index in [1.807, 2.05) is 0 Å². The molecule has 1 aliphatic rings. The number of carbonyl (C=O) groups excluding carboxylic acids is 1. The minimum absolute atomic E-state index is 0.158. The van der Waals surface area contributed by atoms with Crippen molar-refractivity contribution in [1.29, 1.82) is 0 Å².